The summed E-state index contributed by atoms with van der Waals surface area (Å²) < 4.78 is 37.7. The summed E-state index contributed by atoms with van der Waals surface area (Å²) in [6.45, 7) is 2.27. The van der Waals surface area contributed by atoms with Crippen LogP contribution in [0.3, 0.4) is 0 Å². The highest BCUT2D eigenvalue weighted by molar-refractivity contribution is 7.91. The number of halogens is 1. The molecule has 2 heterocycles. The van der Waals surface area contributed by atoms with Gasteiger partial charge in [0.05, 0.1) is 36.4 Å². The zero-order valence-electron chi connectivity index (χ0n) is 15.3. The van der Waals surface area contributed by atoms with E-state index < -0.39 is 9.84 Å². The lowest BCUT2D eigenvalue weighted by Crippen LogP contribution is -2.37. The van der Waals surface area contributed by atoms with Gasteiger partial charge in [0.1, 0.15) is 10.6 Å². The highest BCUT2D eigenvalue weighted by Crippen LogP contribution is 2.37. The van der Waals surface area contributed by atoms with Crippen molar-refractivity contribution in [3.8, 4) is 5.75 Å². The first-order valence-electron chi connectivity index (χ1n) is 8.81. The van der Waals surface area contributed by atoms with Crippen molar-refractivity contribution in [2.24, 2.45) is 0 Å². The van der Waals surface area contributed by atoms with Crippen molar-refractivity contribution in [3.63, 3.8) is 0 Å². The van der Waals surface area contributed by atoms with E-state index in [0.717, 1.165) is 5.39 Å². The number of sulfone groups is 1. The van der Waals surface area contributed by atoms with Crippen LogP contribution in [0.4, 0.5) is 5.69 Å². The molecule has 0 aliphatic carbocycles. The fourth-order valence-electron chi connectivity index (χ4n) is 3.32. The Balaban J connectivity index is 1.97. The summed E-state index contributed by atoms with van der Waals surface area (Å²) in [7, 11) is -2.21. The number of hydrogen-bond acceptors (Lipinski definition) is 6. The number of fused-ring (bicyclic) bond motifs is 1. The van der Waals surface area contributed by atoms with Gasteiger partial charge >= 0.3 is 0 Å². The van der Waals surface area contributed by atoms with E-state index in [1.54, 1.807) is 19.2 Å². The number of methoxy groups -OCH3 is 1. The smallest absolute Gasteiger partial charge is 0.210 e. The topological polar surface area (TPSA) is 68.7 Å². The number of benzene rings is 2. The summed E-state index contributed by atoms with van der Waals surface area (Å²) in [5.74, 6) is 0.643. The summed E-state index contributed by atoms with van der Waals surface area (Å²) in [4.78, 5) is 6.78. The zero-order chi connectivity index (χ0) is 19.7. The number of rotatable bonds is 4. The first-order valence-corrected chi connectivity index (χ1v) is 10.7. The first kappa shape index (κ1) is 19.0. The Bertz CT molecular complexity index is 1110. The number of hydrogen-bond donors (Lipinski definition) is 0. The molecule has 0 spiro atoms. The molecule has 2 aromatic carbocycles. The van der Waals surface area contributed by atoms with Gasteiger partial charge in [-0.2, -0.15) is 0 Å². The maximum atomic E-state index is 13.4. The van der Waals surface area contributed by atoms with Gasteiger partial charge in [-0.05, 0) is 42.5 Å². The van der Waals surface area contributed by atoms with E-state index in [0.29, 0.717) is 48.3 Å². The molecule has 0 radical (unpaired) electrons. The fourth-order valence-corrected chi connectivity index (χ4v) is 4.88. The third-order valence-electron chi connectivity index (χ3n) is 4.75. The number of morpholine rings is 1. The second kappa shape index (κ2) is 7.58. The van der Waals surface area contributed by atoms with Crippen molar-refractivity contribution in [1.82, 2.24) is 4.98 Å². The number of nitrogens with zero attached hydrogens (tertiary/aromatic N) is 2. The minimum absolute atomic E-state index is 0.164. The van der Waals surface area contributed by atoms with Gasteiger partial charge in [0.25, 0.3) is 0 Å². The molecule has 4 rings (SSSR count). The van der Waals surface area contributed by atoms with Gasteiger partial charge in [-0.25, -0.2) is 8.42 Å². The molecule has 0 saturated carbocycles. The van der Waals surface area contributed by atoms with Crippen LogP contribution < -0.4 is 9.64 Å². The van der Waals surface area contributed by atoms with Crippen molar-refractivity contribution in [1.29, 1.82) is 0 Å². The zero-order valence-corrected chi connectivity index (χ0v) is 16.8. The maximum absolute atomic E-state index is 13.4. The molecule has 0 N–H and O–H groups in total. The molecule has 6 nitrogen and oxygen atoms in total. The van der Waals surface area contributed by atoms with Gasteiger partial charge in [0, 0.05) is 29.7 Å². The van der Waals surface area contributed by atoms with Crippen LogP contribution in [-0.2, 0) is 14.6 Å². The minimum atomic E-state index is -3.79. The Morgan fingerprint density at radius 1 is 1.11 bits per heavy atom. The molecule has 8 heteroatoms. The molecule has 1 aliphatic rings. The lowest BCUT2D eigenvalue weighted by Gasteiger charge is -2.31. The third kappa shape index (κ3) is 3.41. The van der Waals surface area contributed by atoms with Crippen LogP contribution in [0, 0.1) is 0 Å². The van der Waals surface area contributed by atoms with E-state index >= 15 is 0 Å². The van der Waals surface area contributed by atoms with E-state index in [1.165, 1.54) is 18.3 Å². The van der Waals surface area contributed by atoms with E-state index in [1.807, 2.05) is 23.1 Å². The third-order valence-corrected chi connectivity index (χ3v) is 6.78. The maximum Gasteiger partial charge on any atom is 0.210 e. The Morgan fingerprint density at radius 3 is 2.50 bits per heavy atom. The SMILES string of the molecule is COc1ccc2ncc(S(=O)(=O)c3ccc(Cl)cc3)c(N3CCOCC3)c2c1. The van der Waals surface area contributed by atoms with Gasteiger partial charge in [-0.3, -0.25) is 4.98 Å². The Labute approximate surface area is 168 Å². The Hall–Kier alpha value is -2.35. The molecule has 0 atom stereocenters. The van der Waals surface area contributed by atoms with Gasteiger partial charge in [-0.1, -0.05) is 11.6 Å². The normalized spacial score (nSPS) is 15.0. The summed E-state index contributed by atoms with van der Waals surface area (Å²) in [5, 5.41) is 1.21. The lowest BCUT2D eigenvalue weighted by molar-refractivity contribution is 0.122. The Morgan fingerprint density at radius 2 is 1.82 bits per heavy atom. The number of anilines is 1. The predicted molar refractivity (Wildman–Crippen MR) is 108 cm³/mol. The largest absolute Gasteiger partial charge is 0.497 e. The molecule has 0 amide bonds. The molecule has 146 valence electrons. The summed E-state index contributed by atoms with van der Waals surface area (Å²) in [5.41, 5.74) is 1.33. The molecule has 0 bridgehead atoms. The van der Waals surface area contributed by atoms with Gasteiger partial charge in [-0.15, -0.1) is 0 Å². The van der Waals surface area contributed by atoms with Crippen LogP contribution in [0.5, 0.6) is 5.75 Å². The second-order valence-electron chi connectivity index (χ2n) is 6.41. The monoisotopic (exact) mass is 418 g/mol. The molecule has 1 aromatic heterocycles. The minimum Gasteiger partial charge on any atom is -0.497 e. The highest BCUT2D eigenvalue weighted by atomic mass is 35.5. The predicted octanol–water partition coefficient (Wildman–Crippen LogP) is 3.57. The van der Waals surface area contributed by atoms with E-state index in [2.05, 4.69) is 4.98 Å². The van der Waals surface area contributed by atoms with E-state index in [-0.39, 0.29) is 9.79 Å². The van der Waals surface area contributed by atoms with Gasteiger partial charge in [0.2, 0.25) is 9.84 Å². The van der Waals surface area contributed by atoms with Gasteiger partial charge < -0.3 is 14.4 Å². The van der Waals surface area contributed by atoms with E-state index in [9.17, 15) is 8.42 Å². The van der Waals surface area contributed by atoms with Crippen LogP contribution in [0.1, 0.15) is 0 Å². The van der Waals surface area contributed by atoms with Crippen molar-refractivity contribution in [2.75, 3.05) is 38.3 Å². The summed E-state index contributed by atoms with van der Waals surface area (Å²) in [6.07, 6.45) is 1.43. The highest BCUT2D eigenvalue weighted by Gasteiger charge is 2.28. The van der Waals surface area contributed by atoms with Crippen molar-refractivity contribution < 1.29 is 17.9 Å². The van der Waals surface area contributed by atoms with Crippen molar-refractivity contribution >= 4 is 38.0 Å². The molecule has 3 aromatic rings. The molecular formula is C20H19ClN2O4S. The summed E-state index contributed by atoms with van der Waals surface area (Å²) in [6, 6.07) is 11.6. The summed E-state index contributed by atoms with van der Waals surface area (Å²) >= 11 is 5.93. The molecule has 1 fully saturated rings. The number of aromatic nitrogens is 1. The van der Waals surface area contributed by atoms with Crippen molar-refractivity contribution in [3.05, 3.63) is 53.7 Å². The average Bonchev–Trinajstić information content (AvgIpc) is 2.73. The van der Waals surface area contributed by atoms with Crippen LogP contribution in [-0.4, -0.2) is 46.8 Å². The van der Waals surface area contributed by atoms with E-state index in [4.69, 9.17) is 21.1 Å². The lowest BCUT2D eigenvalue weighted by atomic mass is 10.1. The molecule has 28 heavy (non-hydrogen) atoms. The molecule has 1 saturated heterocycles. The molecule has 0 unspecified atom stereocenters. The van der Waals surface area contributed by atoms with Crippen molar-refractivity contribution in [2.45, 2.75) is 9.79 Å². The Kier molecular flexibility index (Phi) is 5.14. The first-order chi connectivity index (χ1) is 13.5. The average molecular weight is 419 g/mol. The molecule has 1 aliphatic heterocycles. The quantitative estimate of drug-likeness (QED) is 0.645. The number of ether oxygens (including phenoxy) is 2. The van der Waals surface area contributed by atoms with Crippen LogP contribution in [0.25, 0.3) is 10.9 Å². The van der Waals surface area contributed by atoms with Crippen LogP contribution in [0.15, 0.2) is 58.5 Å². The molecular weight excluding hydrogens is 400 g/mol. The number of pyridine rings is 1. The van der Waals surface area contributed by atoms with Gasteiger partial charge in [0.15, 0.2) is 0 Å². The fraction of sp³-hybridized carbons (Fsp3) is 0.250. The standard InChI is InChI=1S/C20H19ClN2O4S/c1-26-15-4-7-18-17(12-15)20(23-8-10-27-11-9-23)19(13-22-18)28(24,25)16-5-2-14(21)3-6-16/h2-7,12-13H,8-11H2,1H3. The second-order valence-corrected chi connectivity index (χ2v) is 8.77. The van der Waals surface area contributed by atoms with Crippen LogP contribution >= 0.6 is 11.6 Å². The van der Waals surface area contributed by atoms with Crippen LogP contribution in [0.2, 0.25) is 5.02 Å².